The van der Waals surface area contributed by atoms with E-state index in [-0.39, 0.29) is 31.2 Å². The first kappa shape index (κ1) is 20.6. The largest absolute Gasteiger partial charge is 0.346 e. The summed E-state index contributed by atoms with van der Waals surface area (Å²) < 4.78 is 15.3. The molecule has 0 aliphatic rings. The highest BCUT2D eigenvalue weighted by Crippen LogP contribution is 2.16. The van der Waals surface area contributed by atoms with Crippen LogP contribution in [-0.4, -0.2) is 25.9 Å². The van der Waals surface area contributed by atoms with Crippen LogP contribution in [0.1, 0.15) is 15.3 Å². The summed E-state index contributed by atoms with van der Waals surface area (Å²) in [4.78, 5) is 18.2. The molecule has 0 bridgehead atoms. The molecule has 9 heteroatoms. The first-order valence-corrected chi connectivity index (χ1v) is 8.62. The predicted octanol–water partition coefficient (Wildman–Crippen LogP) is 2.18. The van der Waals surface area contributed by atoms with E-state index >= 15 is 0 Å². The van der Waals surface area contributed by atoms with E-state index in [9.17, 15) is 9.18 Å². The van der Waals surface area contributed by atoms with Gasteiger partial charge in [-0.25, -0.2) is 13.9 Å². The van der Waals surface area contributed by atoms with Crippen molar-refractivity contribution in [2.45, 2.75) is 13.1 Å². The van der Waals surface area contributed by atoms with Crippen molar-refractivity contribution in [1.82, 2.24) is 19.3 Å². The van der Waals surface area contributed by atoms with Crippen LogP contribution in [0.25, 0.3) is 0 Å². The Morgan fingerprint density at radius 3 is 2.89 bits per heavy atom. The number of pyridine rings is 1. The van der Waals surface area contributed by atoms with Crippen LogP contribution in [0.15, 0.2) is 59.7 Å². The molecular weight excluding hydrogens is 389 g/mol. The van der Waals surface area contributed by atoms with Gasteiger partial charge in [-0.05, 0) is 29.8 Å². The first-order chi connectivity index (χ1) is 12.7. The quantitative estimate of drug-likeness (QED) is 0.660. The lowest BCUT2D eigenvalue weighted by molar-refractivity contribution is 0.604. The van der Waals surface area contributed by atoms with Gasteiger partial charge in [0.1, 0.15) is 6.33 Å². The lowest BCUT2D eigenvalue weighted by Gasteiger charge is -2.01. The summed E-state index contributed by atoms with van der Waals surface area (Å²) >= 11 is 1.51. The zero-order chi connectivity index (χ0) is 18.4. The molecule has 140 valence electrons. The molecule has 0 atom stereocenters. The summed E-state index contributed by atoms with van der Waals surface area (Å²) in [6.07, 6.45) is 5.26. The number of hydrogen-bond donors (Lipinski definition) is 1. The second-order valence-electron chi connectivity index (χ2n) is 5.43. The van der Waals surface area contributed by atoms with Crippen LogP contribution in [0.4, 0.5) is 4.39 Å². The average molecular weight is 406 g/mol. The van der Waals surface area contributed by atoms with Crippen LogP contribution in [0.3, 0.4) is 0 Å². The molecule has 0 aliphatic heterocycles. The maximum atomic E-state index is 12.6. The van der Waals surface area contributed by atoms with Crippen molar-refractivity contribution in [3.8, 4) is 11.8 Å². The Hall–Kier alpha value is -2.73. The number of nitrogens with zero attached hydrogens (tertiary/aromatic N) is 4. The molecule has 0 fully saturated rings. The first-order valence-electron chi connectivity index (χ1n) is 7.81. The van der Waals surface area contributed by atoms with Crippen LogP contribution in [0.5, 0.6) is 0 Å². The van der Waals surface area contributed by atoms with E-state index in [2.05, 4.69) is 21.9 Å². The van der Waals surface area contributed by atoms with E-state index in [1.807, 2.05) is 24.3 Å². The average Bonchev–Trinajstić information content (AvgIpc) is 3.26. The molecule has 0 saturated heterocycles. The van der Waals surface area contributed by atoms with Crippen molar-refractivity contribution >= 4 is 23.7 Å². The molecule has 3 aromatic rings. The SMILES string of the molecule is Cl.NC/C(=C\F)Cn1ncn(Cc2ccc(C#Cc3cccnc3)s2)c1=O. The Labute approximate surface area is 165 Å². The third-order valence-electron chi connectivity index (χ3n) is 3.55. The standard InChI is InChI=1S/C18H16FN5OS.ClH/c19-8-15(9-20)11-24-18(25)23(13-22-24)12-17-6-5-16(26-17)4-3-14-2-1-7-21-10-14;/h1-2,5-8,10,13H,9,11-12,20H2;1H/b15-8+;. The molecule has 3 heterocycles. The van der Waals surface area contributed by atoms with Crippen molar-refractivity contribution in [3.05, 3.63) is 80.7 Å². The lowest BCUT2D eigenvalue weighted by Crippen LogP contribution is -2.26. The molecule has 27 heavy (non-hydrogen) atoms. The number of thiophene rings is 1. The van der Waals surface area contributed by atoms with Gasteiger partial charge < -0.3 is 5.73 Å². The number of hydrogen-bond acceptors (Lipinski definition) is 5. The third-order valence-corrected chi connectivity index (χ3v) is 4.53. The fourth-order valence-electron chi connectivity index (χ4n) is 2.19. The van der Waals surface area contributed by atoms with Gasteiger partial charge in [0.25, 0.3) is 0 Å². The van der Waals surface area contributed by atoms with Crippen molar-refractivity contribution in [3.63, 3.8) is 0 Å². The van der Waals surface area contributed by atoms with Gasteiger partial charge in [-0.2, -0.15) is 5.10 Å². The monoisotopic (exact) mass is 405 g/mol. The maximum Gasteiger partial charge on any atom is 0.346 e. The van der Waals surface area contributed by atoms with E-state index in [1.165, 1.54) is 26.9 Å². The smallest absolute Gasteiger partial charge is 0.327 e. The summed E-state index contributed by atoms with van der Waals surface area (Å²) in [5.74, 6) is 6.13. The molecule has 0 aliphatic carbocycles. The van der Waals surface area contributed by atoms with Gasteiger partial charge in [0, 0.05) is 29.4 Å². The van der Waals surface area contributed by atoms with E-state index < -0.39 is 0 Å². The molecule has 0 saturated carbocycles. The predicted molar refractivity (Wildman–Crippen MR) is 106 cm³/mol. The van der Waals surface area contributed by atoms with Gasteiger partial charge in [0.05, 0.1) is 24.3 Å². The Morgan fingerprint density at radius 2 is 2.19 bits per heavy atom. The molecule has 0 spiro atoms. The van der Waals surface area contributed by atoms with Crippen molar-refractivity contribution in [1.29, 1.82) is 0 Å². The molecular formula is C18H17ClFN5OS. The maximum absolute atomic E-state index is 12.6. The van der Waals surface area contributed by atoms with Crippen molar-refractivity contribution < 1.29 is 4.39 Å². The van der Waals surface area contributed by atoms with Gasteiger partial charge in [-0.1, -0.05) is 11.8 Å². The van der Waals surface area contributed by atoms with Crippen LogP contribution < -0.4 is 11.4 Å². The topological polar surface area (TPSA) is 78.7 Å². The zero-order valence-electron chi connectivity index (χ0n) is 14.2. The second-order valence-corrected chi connectivity index (χ2v) is 6.60. The highest BCUT2D eigenvalue weighted by molar-refractivity contribution is 7.12. The van der Waals surface area contributed by atoms with Gasteiger partial charge in [-0.3, -0.25) is 9.55 Å². The summed E-state index contributed by atoms with van der Waals surface area (Å²) in [5, 5.41) is 4.00. The Balaban J connectivity index is 0.00000261. The number of nitrogens with two attached hydrogens (primary N) is 1. The summed E-state index contributed by atoms with van der Waals surface area (Å²) in [5.41, 5.74) is 6.25. The fraction of sp³-hybridized carbons (Fsp3) is 0.167. The minimum atomic E-state index is -0.311. The van der Waals surface area contributed by atoms with E-state index in [1.54, 1.807) is 12.4 Å². The highest BCUT2D eigenvalue weighted by atomic mass is 35.5. The minimum Gasteiger partial charge on any atom is -0.327 e. The minimum absolute atomic E-state index is 0. The number of rotatable bonds is 5. The molecule has 0 amide bonds. The van der Waals surface area contributed by atoms with Crippen LogP contribution in [0, 0.1) is 11.8 Å². The molecule has 6 nitrogen and oxygen atoms in total. The molecule has 0 unspecified atom stereocenters. The fourth-order valence-corrected chi connectivity index (χ4v) is 3.05. The van der Waals surface area contributed by atoms with Gasteiger partial charge in [-0.15, -0.1) is 23.7 Å². The Morgan fingerprint density at radius 1 is 1.33 bits per heavy atom. The lowest BCUT2D eigenvalue weighted by atomic mass is 10.3. The van der Waals surface area contributed by atoms with E-state index in [0.717, 1.165) is 15.3 Å². The van der Waals surface area contributed by atoms with Crippen LogP contribution >= 0.6 is 23.7 Å². The zero-order valence-corrected chi connectivity index (χ0v) is 15.8. The number of halogens is 2. The van der Waals surface area contributed by atoms with Gasteiger partial charge in [0.15, 0.2) is 0 Å². The summed E-state index contributed by atoms with van der Waals surface area (Å²) in [7, 11) is 0. The summed E-state index contributed by atoms with van der Waals surface area (Å²) in [6.45, 7) is 0.472. The van der Waals surface area contributed by atoms with Crippen LogP contribution in [0.2, 0.25) is 0 Å². The van der Waals surface area contributed by atoms with Gasteiger partial charge >= 0.3 is 5.69 Å². The van der Waals surface area contributed by atoms with Crippen molar-refractivity contribution in [2.75, 3.05) is 6.54 Å². The summed E-state index contributed by atoms with van der Waals surface area (Å²) in [6, 6.07) is 7.57. The van der Waals surface area contributed by atoms with Crippen molar-refractivity contribution in [2.24, 2.45) is 5.73 Å². The normalized spacial score (nSPS) is 10.8. The molecule has 3 rings (SSSR count). The molecule has 0 radical (unpaired) electrons. The number of aromatic nitrogens is 4. The Kier molecular flexibility index (Phi) is 7.49. The molecule has 2 N–H and O–H groups in total. The van der Waals surface area contributed by atoms with E-state index in [0.29, 0.717) is 18.4 Å². The Bertz CT molecular complexity index is 1030. The second kappa shape index (κ2) is 9.83. The highest BCUT2D eigenvalue weighted by Gasteiger charge is 2.08. The van der Waals surface area contributed by atoms with Crippen LogP contribution in [-0.2, 0) is 13.1 Å². The van der Waals surface area contributed by atoms with Gasteiger partial charge in [0.2, 0.25) is 0 Å². The third kappa shape index (κ3) is 5.37. The molecule has 3 aromatic heterocycles. The van der Waals surface area contributed by atoms with E-state index in [4.69, 9.17) is 5.73 Å². The molecule has 0 aromatic carbocycles.